The first kappa shape index (κ1) is 14.7. The molecule has 108 valence electrons. The zero-order chi connectivity index (χ0) is 14.6. The first-order valence-electron chi connectivity index (χ1n) is 5.68. The third-order valence-corrected chi connectivity index (χ3v) is 4.48. The van der Waals surface area contributed by atoms with Gasteiger partial charge >= 0.3 is 0 Å². The van der Waals surface area contributed by atoms with Gasteiger partial charge in [0, 0.05) is 0 Å². The third-order valence-electron chi connectivity index (χ3n) is 2.24. The summed E-state index contributed by atoms with van der Waals surface area (Å²) in [6.45, 7) is 1.80. The Morgan fingerprint density at radius 1 is 1.30 bits per heavy atom. The van der Waals surface area contributed by atoms with Crippen molar-refractivity contribution in [2.45, 2.75) is 11.8 Å². The van der Waals surface area contributed by atoms with Gasteiger partial charge in [-0.2, -0.15) is 0 Å². The molecule has 1 aromatic carbocycles. The fourth-order valence-electron chi connectivity index (χ4n) is 1.39. The van der Waals surface area contributed by atoms with E-state index in [1.165, 1.54) is 24.3 Å². The van der Waals surface area contributed by atoms with Gasteiger partial charge in [-0.3, -0.25) is 4.72 Å². The van der Waals surface area contributed by atoms with Crippen molar-refractivity contribution in [3.05, 3.63) is 29.3 Å². The van der Waals surface area contributed by atoms with Crippen molar-refractivity contribution in [2.24, 2.45) is 0 Å². The summed E-state index contributed by atoms with van der Waals surface area (Å²) in [4.78, 5) is 0.0988. The molecule has 1 heterocycles. The predicted octanol–water partition coefficient (Wildman–Crippen LogP) is 1.02. The normalized spacial score (nSPS) is 11.3. The molecule has 0 radical (unpaired) electrons. The number of benzene rings is 1. The average molecular weight is 315 g/mol. The summed E-state index contributed by atoms with van der Waals surface area (Å²) < 4.78 is 31.7. The van der Waals surface area contributed by atoms with E-state index in [0.29, 0.717) is 10.8 Å². The van der Waals surface area contributed by atoms with Crippen molar-refractivity contribution in [1.82, 2.24) is 10.2 Å². The van der Waals surface area contributed by atoms with E-state index < -0.39 is 10.0 Å². The number of aliphatic hydroxyl groups excluding tert-OH is 1. The van der Waals surface area contributed by atoms with Crippen molar-refractivity contribution >= 4 is 26.5 Å². The highest BCUT2D eigenvalue weighted by atomic mass is 32.2. The Bertz CT molecular complexity index is 667. The topological polar surface area (TPSA) is 101 Å². The SMILES string of the molecule is Cc1nnc(NS(=O)(=O)c2ccc(OCCO)cc2)s1. The van der Waals surface area contributed by atoms with Gasteiger partial charge in [-0.25, -0.2) is 8.42 Å². The minimum Gasteiger partial charge on any atom is -0.491 e. The highest BCUT2D eigenvalue weighted by Gasteiger charge is 2.16. The van der Waals surface area contributed by atoms with Crippen LogP contribution in [0.5, 0.6) is 5.75 Å². The van der Waals surface area contributed by atoms with Crippen LogP contribution in [0.2, 0.25) is 0 Å². The number of hydrogen-bond acceptors (Lipinski definition) is 7. The lowest BCUT2D eigenvalue weighted by atomic mass is 10.3. The van der Waals surface area contributed by atoms with E-state index in [1.807, 2.05) is 0 Å². The number of aliphatic hydroxyl groups is 1. The maximum atomic E-state index is 12.1. The van der Waals surface area contributed by atoms with Crippen molar-refractivity contribution in [3.63, 3.8) is 0 Å². The number of ether oxygens (including phenoxy) is 1. The lowest BCUT2D eigenvalue weighted by Gasteiger charge is -2.07. The van der Waals surface area contributed by atoms with Crippen molar-refractivity contribution < 1.29 is 18.3 Å². The highest BCUT2D eigenvalue weighted by molar-refractivity contribution is 7.93. The van der Waals surface area contributed by atoms with Crippen molar-refractivity contribution in [1.29, 1.82) is 0 Å². The number of anilines is 1. The summed E-state index contributed by atoms with van der Waals surface area (Å²) in [5.74, 6) is 0.491. The number of nitrogens with zero attached hydrogens (tertiary/aromatic N) is 2. The fourth-order valence-corrected chi connectivity index (χ4v) is 3.21. The van der Waals surface area contributed by atoms with Crippen LogP contribution in [0, 0.1) is 6.92 Å². The van der Waals surface area contributed by atoms with Gasteiger partial charge in [0.25, 0.3) is 10.0 Å². The molecule has 0 saturated carbocycles. The number of sulfonamides is 1. The van der Waals surface area contributed by atoms with Crippen LogP contribution in [0.3, 0.4) is 0 Å². The smallest absolute Gasteiger partial charge is 0.263 e. The Kier molecular flexibility index (Phi) is 4.53. The van der Waals surface area contributed by atoms with E-state index in [9.17, 15) is 8.42 Å². The molecule has 0 amide bonds. The second-order valence-electron chi connectivity index (χ2n) is 3.78. The van der Waals surface area contributed by atoms with Crippen LogP contribution < -0.4 is 9.46 Å². The van der Waals surface area contributed by atoms with Crippen LogP contribution in [-0.2, 0) is 10.0 Å². The molecular formula is C11H13N3O4S2. The molecule has 2 aromatic rings. The van der Waals surface area contributed by atoms with Crippen LogP contribution in [0.4, 0.5) is 5.13 Å². The van der Waals surface area contributed by atoms with E-state index in [1.54, 1.807) is 6.92 Å². The van der Waals surface area contributed by atoms with Gasteiger partial charge in [-0.1, -0.05) is 11.3 Å². The molecule has 0 bridgehead atoms. The molecular weight excluding hydrogens is 302 g/mol. The molecule has 0 aliphatic rings. The first-order chi connectivity index (χ1) is 9.51. The van der Waals surface area contributed by atoms with Gasteiger partial charge in [0.15, 0.2) is 0 Å². The second kappa shape index (κ2) is 6.16. The maximum Gasteiger partial charge on any atom is 0.263 e. The number of aromatic nitrogens is 2. The summed E-state index contributed by atoms with van der Waals surface area (Å²) >= 11 is 1.16. The molecule has 0 fully saturated rings. The van der Waals surface area contributed by atoms with E-state index in [2.05, 4.69) is 14.9 Å². The lowest BCUT2D eigenvalue weighted by molar-refractivity contribution is 0.201. The Morgan fingerprint density at radius 2 is 2.00 bits per heavy atom. The molecule has 9 heteroatoms. The molecule has 0 aliphatic heterocycles. The monoisotopic (exact) mass is 315 g/mol. The van der Waals surface area contributed by atoms with Gasteiger partial charge in [0.1, 0.15) is 17.4 Å². The van der Waals surface area contributed by atoms with E-state index in [0.717, 1.165) is 11.3 Å². The summed E-state index contributed by atoms with van der Waals surface area (Å²) in [5, 5.41) is 17.0. The molecule has 0 spiro atoms. The summed E-state index contributed by atoms with van der Waals surface area (Å²) in [6, 6.07) is 5.89. The highest BCUT2D eigenvalue weighted by Crippen LogP contribution is 2.21. The predicted molar refractivity (Wildman–Crippen MR) is 74.5 cm³/mol. The molecule has 0 saturated heterocycles. The third kappa shape index (κ3) is 3.65. The van der Waals surface area contributed by atoms with E-state index in [4.69, 9.17) is 9.84 Å². The Hall–Kier alpha value is -1.71. The van der Waals surface area contributed by atoms with E-state index in [-0.39, 0.29) is 23.2 Å². The number of nitrogens with one attached hydrogen (secondary N) is 1. The molecule has 0 atom stereocenters. The first-order valence-corrected chi connectivity index (χ1v) is 7.98. The average Bonchev–Trinajstić information content (AvgIpc) is 2.81. The van der Waals surface area contributed by atoms with Crippen molar-refractivity contribution in [3.8, 4) is 5.75 Å². The lowest BCUT2D eigenvalue weighted by Crippen LogP contribution is -2.12. The minimum atomic E-state index is -3.68. The zero-order valence-electron chi connectivity index (χ0n) is 10.6. The van der Waals surface area contributed by atoms with Gasteiger partial charge in [-0.05, 0) is 31.2 Å². The largest absolute Gasteiger partial charge is 0.491 e. The molecule has 7 nitrogen and oxygen atoms in total. The molecule has 1 aromatic heterocycles. The Labute approximate surface area is 120 Å². The quantitative estimate of drug-likeness (QED) is 0.825. The molecule has 0 aliphatic carbocycles. The standard InChI is InChI=1S/C11H13N3O4S2/c1-8-12-13-11(19-8)14-20(16,17)10-4-2-9(3-5-10)18-7-6-15/h2-5,15H,6-7H2,1H3,(H,13,14). The van der Waals surface area contributed by atoms with Crippen LogP contribution in [0.15, 0.2) is 29.2 Å². The molecule has 0 unspecified atom stereocenters. The van der Waals surface area contributed by atoms with Crippen LogP contribution in [0.1, 0.15) is 5.01 Å². The number of hydrogen-bond donors (Lipinski definition) is 2. The summed E-state index contributed by atoms with van der Waals surface area (Å²) in [6.07, 6.45) is 0. The number of aryl methyl sites for hydroxylation is 1. The summed E-state index contributed by atoms with van der Waals surface area (Å²) in [5.41, 5.74) is 0. The van der Waals surface area contributed by atoms with Gasteiger partial charge in [0.05, 0.1) is 11.5 Å². The van der Waals surface area contributed by atoms with Crippen molar-refractivity contribution in [2.75, 3.05) is 17.9 Å². The van der Waals surface area contributed by atoms with Gasteiger partial charge < -0.3 is 9.84 Å². The minimum absolute atomic E-state index is 0.0988. The fraction of sp³-hybridized carbons (Fsp3) is 0.273. The van der Waals surface area contributed by atoms with Crippen LogP contribution in [0.25, 0.3) is 0 Å². The number of rotatable bonds is 6. The molecule has 2 rings (SSSR count). The van der Waals surface area contributed by atoms with Crippen LogP contribution >= 0.6 is 11.3 Å². The Morgan fingerprint density at radius 3 is 2.55 bits per heavy atom. The molecule has 20 heavy (non-hydrogen) atoms. The van der Waals surface area contributed by atoms with Gasteiger partial charge in [-0.15, -0.1) is 10.2 Å². The molecule has 2 N–H and O–H groups in total. The maximum absolute atomic E-state index is 12.1. The Balaban J connectivity index is 2.13. The zero-order valence-corrected chi connectivity index (χ0v) is 12.2. The van der Waals surface area contributed by atoms with Gasteiger partial charge in [0.2, 0.25) is 5.13 Å². The second-order valence-corrected chi connectivity index (χ2v) is 6.64. The van der Waals surface area contributed by atoms with E-state index >= 15 is 0 Å². The van der Waals surface area contributed by atoms with Crippen LogP contribution in [-0.4, -0.2) is 36.9 Å². The summed E-state index contributed by atoms with van der Waals surface area (Å²) in [7, 11) is -3.68.